The van der Waals surface area contributed by atoms with Gasteiger partial charge in [0.15, 0.2) is 0 Å². The molecule has 5 aromatic rings. The van der Waals surface area contributed by atoms with Gasteiger partial charge in [0.25, 0.3) is 11.8 Å². The number of aromatic nitrogens is 2. The van der Waals surface area contributed by atoms with E-state index in [0.717, 1.165) is 4.68 Å². The maximum atomic E-state index is 13.1. The van der Waals surface area contributed by atoms with Crippen LogP contribution in [0.4, 0.5) is 5.69 Å². The van der Waals surface area contributed by atoms with Gasteiger partial charge in [-0.2, -0.15) is 9.78 Å². The standard InChI is InChI=1S/C25H17N3O6/c1-13-21(26-22(29)17-11-15-7-3-5-9-19(15)33-24(17)31)14(2)28(27-13)23(30)18-12-16-8-4-6-10-20(16)34-25(18)32/h3-12H,1-2H3,(H,26,29). The van der Waals surface area contributed by atoms with Gasteiger partial charge in [-0.25, -0.2) is 9.59 Å². The van der Waals surface area contributed by atoms with Gasteiger partial charge in [0.2, 0.25) is 0 Å². The lowest BCUT2D eigenvalue weighted by Gasteiger charge is -2.07. The second kappa shape index (κ2) is 7.96. The summed E-state index contributed by atoms with van der Waals surface area (Å²) in [5, 5.41) is 8.01. The predicted octanol–water partition coefficient (Wildman–Crippen LogP) is 3.65. The molecule has 3 aromatic heterocycles. The topological polar surface area (TPSA) is 124 Å². The Bertz CT molecular complexity index is 1740. The van der Waals surface area contributed by atoms with Crippen LogP contribution in [0.25, 0.3) is 21.9 Å². The molecular formula is C25H17N3O6. The van der Waals surface area contributed by atoms with Crippen molar-refractivity contribution in [3.8, 4) is 0 Å². The largest absolute Gasteiger partial charge is 0.422 e. The summed E-state index contributed by atoms with van der Waals surface area (Å²) in [6.07, 6.45) is 0. The average molecular weight is 455 g/mol. The second-order valence-electron chi connectivity index (χ2n) is 7.69. The molecule has 0 saturated carbocycles. The molecule has 0 bridgehead atoms. The lowest BCUT2D eigenvalue weighted by atomic mass is 10.1. The van der Waals surface area contributed by atoms with Gasteiger partial charge in [-0.05, 0) is 38.1 Å². The molecule has 34 heavy (non-hydrogen) atoms. The number of rotatable bonds is 3. The van der Waals surface area contributed by atoms with Gasteiger partial charge in [0.1, 0.15) is 22.3 Å². The highest BCUT2D eigenvalue weighted by Gasteiger charge is 2.24. The van der Waals surface area contributed by atoms with Crippen LogP contribution in [0, 0.1) is 13.8 Å². The summed E-state index contributed by atoms with van der Waals surface area (Å²) in [4.78, 5) is 50.7. The number of benzene rings is 2. The molecule has 0 aliphatic carbocycles. The van der Waals surface area contributed by atoms with E-state index in [9.17, 15) is 19.2 Å². The van der Waals surface area contributed by atoms with E-state index in [0.29, 0.717) is 27.6 Å². The van der Waals surface area contributed by atoms with Gasteiger partial charge < -0.3 is 14.2 Å². The Morgan fingerprint density at radius 3 is 1.97 bits per heavy atom. The molecule has 5 rings (SSSR count). The van der Waals surface area contributed by atoms with E-state index in [1.54, 1.807) is 62.4 Å². The first-order valence-corrected chi connectivity index (χ1v) is 10.3. The zero-order valence-corrected chi connectivity index (χ0v) is 18.1. The van der Waals surface area contributed by atoms with Crippen LogP contribution in [0.3, 0.4) is 0 Å². The van der Waals surface area contributed by atoms with Crippen LogP contribution in [-0.4, -0.2) is 21.6 Å². The third-order valence-electron chi connectivity index (χ3n) is 5.48. The number of para-hydroxylation sites is 2. The molecule has 0 aliphatic heterocycles. The molecule has 9 nitrogen and oxygen atoms in total. The number of carbonyl (C=O) groups excluding carboxylic acids is 2. The summed E-state index contributed by atoms with van der Waals surface area (Å²) >= 11 is 0. The number of hydrogen-bond acceptors (Lipinski definition) is 7. The SMILES string of the molecule is Cc1nn(C(=O)c2cc3ccccc3oc2=O)c(C)c1NC(=O)c1cc2ccccc2oc1=O. The quantitative estimate of drug-likeness (QED) is 0.412. The zero-order valence-electron chi connectivity index (χ0n) is 18.1. The molecule has 0 radical (unpaired) electrons. The Kier molecular flexibility index (Phi) is 4.94. The van der Waals surface area contributed by atoms with Crippen molar-refractivity contribution in [1.82, 2.24) is 9.78 Å². The molecule has 9 heteroatoms. The number of nitrogens with one attached hydrogen (secondary N) is 1. The van der Waals surface area contributed by atoms with Crippen LogP contribution in [0.15, 0.2) is 79.1 Å². The molecule has 0 unspecified atom stereocenters. The Hall–Kier alpha value is -4.79. The summed E-state index contributed by atoms with van der Waals surface area (Å²) in [7, 11) is 0. The van der Waals surface area contributed by atoms with Gasteiger partial charge in [-0.15, -0.1) is 0 Å². The average Bonchev–Trinajstić information content (AvgIpc) is 3.11. The number of amides is 1. The van der Waals surface area contributed by atoms with E-state index < -0.39 is 23.1 Å². The molecule has 2 aromatic carbocycles. The normalized spacial score (nSPS) is 11.1. The second-order valence-corrected chi connectivity index (χ2v) is 7.69. The fourth-order valence-electron chi connectivity index (χ4n) is 3.75. The first-order valence-electron chi connectivity index (χ1n) is 10.3. The minimum absolute atomic E-state index is 0.188. The van der Waals surface area contributed by atoms with Crippen molar-refractivity contribution in [2.45, 2.75) is 13.8 Å². The highest BCUT2D eigenvalue weighted by atomic mass is 16.4. The monoisotopic (exact) mass is 455 g/mol. The predicted molar refractivity (Wildman–Crippen MR) is 124 cm³/mol. The van der Waals surface area contributed by atoms with Crippen molar-refractivity contribution >= 4 is 39.4 Å². The lowest BCUT2D eigenvalue weighted by molar-refractivity contribution is 0.0937. The van der Waals surface area contributed by atoms with E-state index in [4.69, 9.17) is 8.83 Å². The molecule has 1 N–H and O–H groups in total. The maximum Gasteiger partial charge on any atom is 0.349 e. The molecule has 0 atom stereocenters. The van der Waals surface area contributed by atoms with Gasteiger partial charge >= 0.3 is 11.3 Å². The van der Waals surface area contributed by atoms with Gasteiger partial charge in [0.05, 0.1) is 17.1 Å². The summed E-state index contributed by atoms with van der Waals surface area (Å²) in [5.74, 6) is -1.41. The van der Waals surface area contributed by atoms with E-state index >= 15 is 0 Å². The van der Waals surface area contributed by atoms with E-state index in [1.807, 2.05) is 0 Å². The minimum Gasteiger partial charge on any atom is -0.422 e. The molecule has 0 saturated heterocycles. The van der Waals surface area contributed by atoms with Crippen LogP contribution in [-0.2, 0) is 0 Å². The Labute approximate surface area is 191 Å². The number of hydrogen-bond donors (Lipinski definition) is 1. The van der Waals surface area contributed by atoms with E-state index in [1.165, 1.54) is 12.1 Å². The van der Waals surface area contributed by atoms with Crippen LogP contribution in [0.2, 0.25) is 0 Å². The molecule has 0 aliphatic rings. The van der Waals surface area contributed by atoms with Crippen LogP contribution >= 0.6 is 0 Å². The van der Waals surface area contributed by atoms with Crippen molar-refractivity contribution in [3.63, 3.8) is 0 Å². The molecule has 168 valence electrons. The number of nitrogens with zero attached hydrogens (tertiary/aromatic N) is 2. The fraction of sp³-hybridized carbons (Fsp3) is 0.0800. The van der Waals surface area contributed by atoms with Gasteiger partial charge in [-0.3, -0.25) is 9.59 Å². The highest BCUT2D eigenvalue weighted by molar-refractivity contribution is 6.06. The van der Waals surface area contributed by atoms with E-state index in [2.05, 4.69) is 10.4 Å². The van der Waals surface area contributed by atoms with Crippen LogP contribution in [0.5, 0.6) is 0 Å². The first kappa shape index (κ1) is 21.1. The van der Waals surface area contributed by atoms with Crippen LogP contribution < -0.4 is 16.6 Å². The number of fused-ring (bicyclic) bond motifs is 2. The zero-order chi connectivity index (χ0) is 24.0. The third-order valence-corrected chi connectivity index (χ3v) is 5.48. The summed E-state index contributed by atoms with van der Waals surface area (Å²) in [6, 6.07) is 16.5. The number of aryl methyl sites for hydroxylation is 1. The molecule has 0 fully saturated rings. The Morgan fingerprint density at radius 2 is 1.35 bits per heavy atom. The lowest BCUT2D eigenvalue weighted by Crippen LogP contribution is -2.23. The van der Waals surface area contributed by atoms with Crippen molar-refractivity contribution in [1.29, 1.82) is 0 Å². The van der Waals surface area contributed by atoms with Crippen molar-refractivity contribution < 1.29 is 18.4 Å². The highest BCUT2D eigenvalue weighted by Crippen LogP contribution is 2.22. The van der Waals surface area contributed by atoms with Crippen molar-refractivity contribution in [2.75, 3.05) is 5.32 Å². The third kappa shape index (κ3) is 3.49. The summed E-state index contributed by atoms with van der Waals surface area (Å²) < 4.78 is 11.5. The van der Waals surface area contributed by atoms with Crippen LogP contribution in [0.1, 0.15) is 32.1 Å². The number of anilines is 1. The number of carbonyl (C=O) groups is 2. The Balaban J connectivity index is 1.50. The van der Waals surface area contributed by atoms with E-state index in [-0.39, 0.29) is 22.5 Å². The molecule has 1 amide bonds. The minimum atomic E-state index is -0.796. The summed E-state index contributed by atoms with van der Waals surface area (Å²) in [5.41, 5.74) is -0.383. The first-order chi connectivity index (χ1) is 16.3. The molecular weight excluding hydrogens is 438 g/mol. The van der Waals surface area contributed by atoms with Crippen molar-refractivity contribution in [3.05, 3.63) is 104 Å². The molecule has 3 heterocycles. The summed E-state index contributed by atoms with van der Waals surface area (Å²) in [6.45, 7) is 3.16. The Morgan fingerprint density at radius 1 is 0.824 bits per heavy atom. The smallest absolute Gasteiger partial charge is 0.349 e. The van der Waals surface area contributed by atoms with Gasteiger partial charge in [0, 0.05) is 10.8 Å². The maximum absolute atomic E-state index is 13.1. The van der Waals surface area contributed by atoms with Crippen molar-refractivity contribution in [2.24, 2.45) is 0 Å². The molecule has 0 spiro atoms. The fourth-order valence-corrected chi connectivity index (χ4v) is 3.75. The van der Waals surface area contributed by atoms with Gasteiger partial charge in [-0.1, -0.05) is 36.4 Å².